The third kappa shape index (κ3) is 4.45. The quantitative estimate of drug-likeness (QED) is 0.252. The lowest BCUT2D eigenvalue weighted by atomic mass is 10.2. The van der Waals surface area contributed by atoms with E-state index in [1.54, 1.807) is 12.1 Å². The zero-order chi connectivity index (χ0) is 20.4. The molecule has 0 saturated carbocycles. The Kier molecular flexibility index (Phi) is 6.85. The van der Waals surface area contributed by atoms with Crippen molar-refractivity contribution in [1.82, 2.24) is 5.43 Å². The largest absolute Gasteiger partial charge is 0.503 e. The van der Waals surface area contributed by atoms with Gasteiger partial charge in [-0.1, -0.05) is 15.9 Å². The number of rotatable bonds is 5. The number of carbonyl (C=O) groups is 1. The summed E-state index contributed by atoms with van der Waals surface area (Å²) >= 11 is 13.5. The second-order valence-corrected chi connectivity index (χ2v) is 8.85. The lowest BCUT2D eigenvalue weighted by Gasteiger charge is -2.10. The fourth-order valence-corrected chi connectivity index (χ4v) is 4.54. The topological polar surface area (TPSA) is 84.1 Å². The Morgan fingerprint density at radius 1 is 1.21 bits per heavy atom. The Bertz CT molecular complexity index is 1100. The number of furan rings is 1. The summed E-state index contributed by atoms with van der Waals surface area (Å²) < 4.78 is 13.6. The summed E-state index contributed by atoms with van der Waals surface area (Å²) in [7, 11) is 0. The number of halogens is 4. The maximum atomic E-state index is 12.3. The van der Waals surface area contributed by atoms with E-state index in [4.69, 9.17) is 9.15 Å². The molecule has 6 nitrogen and oxygen atoms in total. The molecule has 0 aliphatic rings. The van der Waals surface area contributed by atoms with Crippen molar-refractivity contribution in [2.75, 3.05) is 6.61 Å². The number of aromatic hydroxyl groups is 1. The minimum Gasteiger partial charge on any atom is -0.503 e. The van der Waals surface area contributed by atoms with E-state index < -0.39 is 5.91 Å². The van der Waals surface area contributed by atoms with Gasteiger partial charge < -0.3 is 14.3 Å². The van der Waals surface area contributed by atoms with Gasteiger partial charge >= 0.3 is 5.91 Å². The second kappa shape index (κ2) is 8.98. The van der Waals surface area contributed by atoms with E-state index in [0.29, 0.717) is 32.4 Å². The summed E-state index contributed by atoms with van der Waals surface area (Å²) in [5.41, 5.74) is 3.60. The fourth-order valence-electron chi connectivity index (χ4n) is 2.37. The molecule has 0 bridgehead atoms. The van der Waals surface area contributed by atoms with Crippen molar-refractivity contribution in [1.29, 1.82) is 0 Å². The van der Waals surface area contributed by atoms with E-state index in [-0.39, 0.29) is 11.5 Å². The number of amides is 1. The molecule has 2 N–H and O–H groups in total. The van der Waals surface area contributed by atoms with Crippen LogP contribution in [0.15, 0.2) is 51.7 Å². The van der Waals surface area contributed by atoms with Crippen LogP contribution in [0.5, 0.6) is 11.5 Å². The van der Waals surface area contributed by atoms with Gasteiger partial charge in [0.15, 0.2) is 17.3 Å². The molecule has 2 aromatic carbocycles. The van der Waals surface area contributed by atoms with Crippen LogP contribution in [0, 0.1) is 0 Å². The molecule has 3 rings (SSSR count). The van der Waals surface area contributed by atoms with Gasteiger partial charge in [-0.25, -0.2) is 5.43 Å². The first kappa shape index (κ1) is 21.4. The molecule has 1 amide bonds. The summed E-state index contributed by atoms with van der Waals surface area (Å²) in [6, 6.07) is 6.93. The number of nitrogens with one attached hydrogen (secondary N) is 1. The Hall–Kier alpha value is -1.36. The molecular weight excluding hydrogens is 628 g/mol. The van der Waals surface area contributed by atoms with E-state index in [9.17, 15) is 9.90 Å². The van der Waals surface area contributed by atoms with Crippen molar-refractivity contribution >= 4 is 86.8 Å². The summed E-state index contributed by atoms with van der Waals surface area (Å²) in [6.07, 6.45) is 1.43. The lowest BCUT2D eigenvalue weighted by Crippen LogP contribution is -2.16. The normalized spacial score (nSPS) is 11.3. The van der Waals surface area contributed by atoms with Crippen LogP contribution in [-0.4, -0.2) is 23.8 Å². The van der Waals surface area contributed by atoms with Gasteiger partial charge in [-0.3, -0.25) is 4.79 Å². The molecule has 0 fully saturated rings. The zero-order valence-electron chi connectivity index (χ0n) is 14.2. The number of carbonyl (C=O) groups excluding carboxylic acids is 1. The first-order valence-corrected chi connectivity index (χ1v) is 11.0. The van der Waals surface area contributed by atoms with Crippen molar-refractivity contribution < 1.29 is 19.1 Å². The highest BCUT2D eigenvalue weighted by atomic mass is 79.9. The summed E-state index contributed by atoms with van der Waals surface area (Å²) in [5, 5.41) is 14.8. The Balaban J connectivity index is 1.81. The van der Waals surface area contributed by atoms with E-state index in [2.05, 4.69) is 74.2 Å². The predicted octanol–water partition coefficient (Wildman–Crippen LogP) is 6.35. The first-order valence-electron chi connectivity index (χ1n) is 7.87. The Labute approximate surface area is 193 Å². The summed E-state index contributed by atoms with van der Waals surface area (Å²) in [4.78, 5) is 12.3. The Morgan fingerprint density at radius 2 is 1.96 bits per heavy atom. The van der Waals surface area contributed by atoms with Gasteiger partial charge in [-0.15, -0.1) is 0 Å². The number of hydrogen-bond donors (Lipinski definition) is 2. The van der Waals surface area contributed by atoms with E-state index in [1.165, 1.54) is 6.21 Å². The number of nitrogens with zero attached hydrogens (tertiary/aromatic N) is 1. The summed E-state index contributed by atoms with van der Waals surface area (Å²) in [5.74, 6) is -0.0756. The predicted molar refractivity (Wildman–Crippen MR) is 121 cm³/mol. The van der Waals surface area contributed by atoms with Gasteiger partial charge in [0.25, 0.3) is 0 Å². The zero-order valence-corrected chi connectivity index (χ0v) is 20.6. The maximum absolute atomic E-state index is 12.3. The number of benzene rings is 2. The van der Waals surface area contributed by atoms with Crippen LogP contribution in [-0.2, 0) is 0 Å². The molecule has 1 aromatic heterocycles. The van der Waals surface area contributed by atoms with Gasteiger partial charge in [0.1, 0.15) is 5.58 Å². The molecule has 1 heterocycles. The highest BCUT2D eigenvalue weighted by Gasteiger charge is 2.16. The highest BCUT2D eigenvalue weighted by Crippen LogP contribution is 2.41. The molecule has 10 heteroatoms. The highest BCUT2D eigenvalue weighted by molar-refractivity contribution is 9.13. The second-order valence-electron chi connectivity index (χ2n) is 5.49. The average Bonchev–Trinajstić information content (AvgIpc) is 3.08. The number of phenolic OH excluding ortho intramolecular Hbond substituents is 1. The van der Waals surface area contributed by atoms with Gasteiger partial charge in [-0.2, -0.15) is 5.10 Å². The minimum atomic E-state index is -0.491. The van der Waals surface area contributed by atoms with Gasteiger partial charge in [0, 0.05) is 19.9 Å². The molecule has 0 aliphatic heterocycles. The van der Waals surface area contributed by atoms with Crippen LogP contribution in [0.25, 0.3) is 11.0 Å². The van der Waals surface area contributed by atoms with Crippen molar-refractivity contribution in [3.05, 3.63) is 53.5 Å². The van der Waals surface area contributed by atoms with Crippen LogP contribution in [0.1, 0.15) is 23.0 Å². The molecule has 28 heavy (non-hydrogen) atoms. The maximum Gasteiger partial charge on any atom is 0.307 e. The van der Waals surface area contributed by atoms with E-state index >= 15 is 0 Å². The number of phenols is 1. The molecule has 146 valence electrons. The van der Waals surface area contributed by atoms with Crippen molar-refractivity contribution in [2.24, 2.45) is 5.10 Å². The van der Waals surface area contributed by atoms with Gasteiger partial charge in [-0.05, 0) is 79.0 Å². The molecule has 0 radical (unpaired) electrons. The van der Waals surface area contributed by atoms with Crippen LogP contribution < -0.4 is 10.2 Å². The molecule has 0 saturated heterocycles. The van der Waals surface area contributed by atoms with Crippen LogP contribution in [0.3, 0.4) is 0 Å². The van der Waals surface area contributed by atoms with Gasteiger partial charge in [0.2, 0.25) is 0 Å². The van der Waals surface area contributed by atoms with Crippen molar-refractivity contribution in [3.63, 3.8) is 0 Å². The van der Waals surface area contributed by atoms with Crippen molar-refractivity contribution in [2.45, 2.75) is 6.92 Å². The SMILES string of the molecule is CCOc1cc(/C=N\NC(=O)c2cc3cc(Br)cc(Br)c3o2)c(Br)c(Br)c1O. The van der Waals surface area contributed by atoms with Gasteiger partial charge in [0.05, 0.1) is 21.8 Å². The minimum absolute atomic E-state index is 0.0195. The molecule has 0 spiro atoms. The third-order valence-corrected chi connectivity index (χ3v) is 6.81. The van der Waals surface area contributed by atoms with Crippen LogP contribution in [0.4, 0.5) is 0 Å². The fraction of sp³-hybridized carbons (Fsp3) is 0.111. The molecule has 0 unspecified atom stereocenters. The smallest absolute Gasteiger partial charge is 0.307 e. The number of hydrazone groups is 1. The van der Waals surface area contributed by atoms with Crippen LogP contribution in [0.2, 0.25) is 0 Å². The number of ether oxygens (including phenoxy) is 1. The lowest BCUT2D eigenvalue weighted by molar-refractivity contribution is 0.0929. The average molecular weight is 640 g/mol. The molecular formula is C18H12Br4N2O4. The third-order valence-electron chi connectivity index (χ3n) is 3.60. The molecule has 0 atom stereocenters. The monoisotopic (exact) mass is 636 g/mol. The Morgan fingerprint density at radius 3 is 2.68 bits per heavy atom. The van der Waals surface area contributed by atoms with E-state index in [0.717, 1.165) is 14.3 Å². The number of hydrogen-bond acceptors (Lipinski definition) is 5. The standard InChI is InChI=1S/C18H12Br4N2O4/c1-2-27-12-5-9(14(21)15(22)16(12)25)7-23-24-18(26)13-4-8-3-10(19)6-11(20)17(8)28-13/h3-7,25H,2H2,1H3,(H,24,26)/b23-7-. The first-order chi connectivity index (χ1) is 13.3. The summed E-state index contributed by atoms with van der Waals surface area (Å²) in [6.45, 7) is 2.21. The molecule has 0 aliphatic carbocycles. The number of fused-ring (bicyclic) bond motifs is 1. The molecule has 3 aromatic rings. The van der Waals surface area contributed by atoms with E-state index in [1.807, 2.05) is 19.1 Å². The van der Waals surface area contributed by atoms with Crippen LogP contribution >= 0.6 is 63.7 Å². The van der Waals surface area contributed by atoms with Crippen molar-refractivity contribution in [3.8, 4) is 11.5 Å².